The van der Waals surface area contributed by atoms with Gasteiger partial charge in [-0.15, -0.1) is 0 Å². The number of fused-ring (bicyclic) bond motifs is 2. The Balaban J connectivity index is 1.26. The van der Waals surface area contributed by atoms with E-state index in [1.54, 1.807) is 0 Å². The first-order valence-corrected chi connectivity index (χ1v) is 35.2. The summed E-state index contributed by atoms with van der Waals surface area (Å²) in [5.41, 5.74) is 10.6. The molecule has 0 saturated carbocycles. The normalized spacial score (nSPS) is 27.3. The third-order valence-corrected chi connectivity index (χ3v) is 40.8. The third-order valence-electron chi connectivity index (χ3n) is 14.7. The van der Waals surface area contributed by atoms with Crippen LogP contribution in [-0.4, -0.2) is 16.6 Å². The first kappa shape index (κ1) is 42.0. The quantitative estimate of drug-likeness (QED) is 0.269. The van der Waals surface area contributed by atoms with E-state index in [9.17, 15) is 0 Å². The van der Waals surface area contributed by atoms with Crippen LogP contribution in [0.15, 0.2) is 143 Å². The van der Waals surface area contributed by atoms with Crippen LogP contribution in [0.2, 0.25) is 42.5 Å². The van der Waals surface area contributed by atoms with Crippen molar-refractivity contribution in [2.45, 2.75) is 129 Å². The van der Waals surface area contributed by atoms with Gasteiger partial charge in [0.15, 0.2) is 0 Å². The zero-order valence-corrected chi connectivity index (χ0v) is 41.7. The Bertz CT molecular complexity index is 2000. The van der Waals surface area contributed by atoms with E-state index in [-0.39, 0.29) is 28.2 Å². The van der Waals surface area contributed by atoms with E-state index in [0.717, 1.165) is 30.8 Å². The number of hydrogen-bond donors (Lipinski definition) is 0. The first-order valence-electron chi connectivity index (χ1n) is 20.6. The van der Waals surface area contributed by atoms with Crippen LogP contribution in [0.3, 0.4) is 0 Å². The van der Waals surface area contributed by atoms with Gasteiger partial charge in [0.1, 0.15) is 0 Å². The molecule has 56 heavy (non-hydrogen) atoms. The fraction of sp³-hybridized carbons (Fsp3) is 0.429. The second-order valence-electron chi connectivity index (χ2n) is 19.9. The Labute approximate surface area is 352 Å². The van der Waals surface area contributed by atoms with Gasteiger partial charge in [-0.25, -0.2) is 0 Å². The molecule has 4 unspecified atom stereocenters. The van der Waals surface area contributed by atoms with Crippen LogP contribution in [0.1, 0.15) is 97.6 Å². The third kappa shape index (κ3) is 6.67. The van der Waals surface area contributed by atoms with Crippen molar-refractivity contribution in [1.29, 1.82) is 0 Å². The van der Waals surface area contributed by atoms with E-state index in [0.29, 0.717) is 0 Å². The SMILES string of the molecule is CC1=CC2=C(C=CC=CC2c2ccc(O[Si](C)(C)C(C)(C)C)cc2)[C]12CCC[C]1(C(C)=CC3=C1C=CC=CC3c1ccc(O[Si](C)(C)C(C)(C)C)cc1)[Zr]2([Cl])[Cl]. The molecule has 1 aliphatic heterocycles. The van der Waals surface area contributed by atoms with E-state index < -0.39 is 34.5 Å². The zero-order valence-electron chi connectivity index (χ0n) is 35.7. The molecule has 0 amide bonds. The summed E-state index contributed by atoms with van der Waals surface area (Å²) in [5.74, 6) is 2.13. The molecule has 5 aliphatic rings. The minimum absolute atomic E-state index is 0.106. The summed E-state index contributed by atoms with van der Waals surface area (Å²) < 4.78 is 12.7. The molecule has 0 aromatic heterocycles. The van der Waals surface area contributed by atoms with Crippen LogP contribution in [0, 0.1) is 0 Å². The second-order valence-corrected chi connectivity index (χ2v) is 44.3. The Morgan fingerprint density at radius 2 is 0.946 bits per heavy atom. The van der Waals surface area contributed by atoms with Crippen molar-refractivity contribution in [3.63, 3.8) is 0 Å². The van der Waals surface area contributed by atoms with Crippen LogP contribution in [-0.2, 0) is 17.9 Å². The van der Waals surface area contributed by atoms with Crippen LogP contribution in [0.5, 0.6) is 11.5 Å². The standard InChI is InChI=1S/C49H62O2Si2.2ClH.Zr/c1-34-32-46-42(36-24-28-38(29-25-36)50-52(9,10)48(3,4)5)18-13-15-20-44(46)40(34)22-17-23-41-35(2)33-47-43(19-14-16-21-45(41)47)37-26-30-39(31-27-37)51-53(11,12)49(6,7)8;;;/h13-16,18-21,24-33,42-43H,17,22-23H2,1-12H3;2*1H;/q;;;+2/p-2. The van der Waals surface area contributed by atoms with E-state index in [4.69, 9.17) is 25.9 Å². The second kappa shape index (κ2) is 14.5. The Kier molecular flexibility index (Phi) is 10.9. The monoisotopic (exact) mass is 898 g/mol. The summed E-state index contributed by atoms with van der Waals surface area (Å²) in [7, 11) is 13.0. The van der Waals surface area contributed by atoms with Crippen molar-refractivity contribution in [2.24, 2.45) is 0 Å². The number of allylic oxidation sites excluding steroid dienone is 16. The van der Waals surface area contributed by atoms with Gasteiger partial charge in [0.05, 0.1) is 0 Å². The van der Waals surface area contributed by atoms with Crippen LogP contribution >= 0.6 is 17.0 Å². The van der Waals surface area contributed by atoms with Crippen LogP contribution in [0.4, 0.5) is 0 Å². The molecule has 2 aromatic rings. The summed E-state index contributed by atoms with van der Waals surface area (Å²) in [6.07, 6.45) is 26.2. The van der Waals surface area contributed by atoms with E-state index in [2.05, 4.69) is 191 Å². The molecule has 2 aromatic carbocycles. The minimum atomic E-state index is -4.37. The van der Waals surface area contributed by atoms with Gasteiger partial charge in [-0.2, -0.15) is 0 Å². The molecular weight excluding hydrogens is 839 g/mol. The fourth-order valence-electron chi connectivity index (χ4n) is 9.40. The molecule has 4 aliphatic carbocycles. The molecule has 0 radical (unpaired) electrons. The van der Waals surface area contributed by atoms with Crippen molar-refractivity contribution in [3.05, 3.63) is 154 Å². The van der Waals surface area contributed by atoms with Crippen molar-refractivity contribution in [2.75, 3.05) is 0 Å². The molecule has 7 rings (SSSR count). The molecule has 4 atom stereocenters. The van der Waals surface area contributed by atoms with Gasteiger partial charge in [0.25, 0.3) is 0 Å². The van der Waals surface area contributed by atoms with Crippen molar-refractivity contribution in [1.82, 2.24) is 0 Å². The Morgan fingerprint density at radius 1 is 0.589 bits per heavy atom. The van der Waals surface area contributed by atoms with Crippen LogP contribution < -0.4 is 8.85 Å². The average molecular weight is 901 g/mol. The van der Waals surface area contributed by atoms with Gasteiger partial charge < -0.3 is 0 Å². The van der Waals surface area contributed by atoms with Crippen molar-refractivity contribution >= 4 is 33.7 Å². The van der Waals surface area contributed by atoms with E-state index in [1.165, 1.54) is 44.6 Å². The van der Waals surface area contributed by atoms with Crippen molar-refractivity contribution < 1.29 is 26.7 Å². The first-order chi connectivity index (χ1) is 26.1. The van der Waals surface area contributed by atoms with Gasteiger partial charge in [0.2, 0.25) is 0 Å². The molecule has 0 bridgehead atoms. The van der Waals surface area contributed by atoms with Crippen LogP contribution in [0.25, 0.3) is 0 Å². The molecular formula is C49H62Cl2O2Si2Zr. The summed E-state index contributed by atoms with van der Waals surface area (Å²) in [4.78, 5) is 0. The number of halogens is 2. The summed E-state index contributed by atoms with van der Waals surface area (Å²) >= 11 is -4.37. The number of hydrogen-bond acceptors (Lipinski definition) is 2. The fourth-order valence-corrected chi connectivity index (χ4v) is 29.4. The molecule has 7 heteroatoms. The van der Waals surface area contributed by atoms with Gasteiger partial charge in [-0.05, 0) is 0 Å². The maximum absolute atomic E-state index is 8.45. The summed E-state index contributed by atoms with van der Waals surface area (Å²) in [6.45, 7) is 27.6. The number of benzene rings is 2. The van der Waals surface area contributed by atoms with Gasteiger partial charge in [-0.3, -0.25) is 0 Å². The zero-order chi connectivity index (χ0) is 40.7. The van der Waals surface area contributed by atoms with Gasteiger partial charge in [0, 0.05) is 0 Å². The van der Waals surface area contributed by atoms with E-state index >= 15 is 0 Å². The predicted molar refractivity (Wildman–Crippen MR) is 243 cm³/mol. The van der Waals surface area contributed by atoms with E-state index in [1.807, 2.05) is 0 Å². The van der Waals surface area contributed by atoms with Gasteiger partial charge >= 0.3 is 355 Å². The molecule has 1 heterocycles. The molecule has 296 valence electrons. The molecule has 1 saturated heterocycles. The topological polar surface area (TPSA) is 18.5 Å². The molecule has 2 spiro atoms. The van der Waals surface area contributed by atoms with Crippen molar-refractivity contribution in [3.8, 4) is 11.5 Å². The average Bonchev–Trinajstić information content (AvgIpc) is 3.31. The Morgan fingerprint density at radius 3 is 1.29 bits per heavy atom. The maximum atomic E-state index is 8.45. The number of rotatable bonds is 6. The van der Waals surface area contributed by atoms with Gasteiger partial charge in [-0.1, -0.05) is 0 Å². The predicted octanol–water partition coefficient (Wildman–Crippen LogP) is 16.0. The molecule has 0 N–H and O–H groups in total. The Hall–Kier alpha value is -2.14. The molecule has 2 nitrogen and oxygen atoms in total. The summed E-state index contributed by atoms with van der Waals surface area (Å²) in [5, 5.41) is 0.277. The summed E-state index contributed by atoms with van der Waals surface area (Å²) in [6, 6.07) is 17.7. The molecule has 1 fully saturated rings.